The normalized spacial score (nSPS) is 25.5. The first-order chi connectivity index (χ1) is 7.17. The zero-order valence-electron chi connectivity index (χ0n) is 9.25. The third-order valence-electron chi connectivity index (χ3n) is 3.86. The van der Waals surface area contributed by atoms with Crippen molar-refractivity contribution < 1.29 is 9.90 Å². The van der Waals surface area contributed by atoms with Crippen LogP contribution in [0.1, 0.15) is 19.8 Å². The summed E-state index contributed by atoms with van der Waals surface area (Å²) < 4.78 is 0. The number of hydrogen-bond acceptors (Lipinski definition) is 3. The maximum absolute atomic E-state index is 11.7. The van der Waals surface area contributed by atoms with Gasteiger partial charge in [0.2, 0.25) is 5.91 Å². The Balaban J connectivity index is 1.72. The molecule has 1 aliphatic heterocycles. The lowest BCUT2D eigenvalue weighted by Crippen LogP contribution is -2.50. The van der Waals surface area contributed by atoms with Crippen molar-refractivity contribution in [3.8, 4) is 0 Å². The summed E-state index contributed by atoms with van der Waals surface area (Å²) in [6.45, 7) is 4.75. The van der Waals surface area contributed by atoms with Gasteiger partial charge in [-0.05, 0) is 31.8 Å². The lowest BCUT2D eigenvalue weighted by atomic mass is 9.88. The second kappa shape index (κ2) is 4.10. The zero-order chi connectivity index (χ0) is 10.9. The van der Waals surface area contributed by atoms with E-state index in [1.807, 2.05) is 6.92 Å². The van der Waals surface area contributed by atoms with Gasteiger partial charge in [-0.3, -0.25) is 4.79 Å². The lowest BCUT2D eigenvalue weighted by molar-refractivity contribution is -0.127. The van der Waals surface area contributed by atoms with Gasteiger partial charge in [-0.1, -0.05) is 6.92 Å². The molecular formula is C11H20N2O2. The molecule has 86 valence electrons. The van der Waals surface area contributed by atoms with Crippen molar-refractivity contribution in [2.45, 2.75) is 19.8 Å². The Morgan fingerprint density at radius 3 is 2.67 bits per heavy atom. The summed E-state index contributed by atoms with van der Waals surface area (Å²) in [4.78, 5) is 11.7. The molecule has 2 aliphatic rings. The first-order valence-electron chi connectivity index (χ1n) is 5.76. The molecule has 4 heteroatoms. The number of nitrogens with one attached hydrogen (secondary N) is 2. The molecule has 1 atom stereocenters. The van der Waals surface area contributed by atoms with E-state index >= 15 is 0 Å². The number of amides is 1. The molecule has 1 amide bonds. The molecule has 1 heterocycles. The Bertz CT molecular complexity index is 247. The monoisotopic (exact) mass is 212 g/mol. The third kappa shape index (κ3) is 2.32. The van der Waals surface area contributed by atoms with Crippen molar-refractivity contribution in [2.24, 2.45) is 17.3 Å². The summed E-state index contributed by atoms with van der Waals surface area (Å²) >= 11 is 0. The maximum atomic E-state index is 11.7. The number of aliphatic hydroxyl groups is 1. The first kappa shape index (κ1) is 10.9. The van der Waals surface area contributed by atoms with Gasteiger partial charge in [0.15, 0.2) is 0 Å². The molecule has 1 aliphatic carbocycles. The Morgan fingerprint density at radius 1 is 1.60 bits per heavy atom. The number of aliphatic hydroxyl groups excluding tert-OH is 1. The Kier molecular flexibility index (Phi) is 2.98. The van der Waals surface area contributed by atoms with Gasteiger partial charge in [0.1, 0.15) is 0 Å². The molecule has 0 aromatic rings. The summed E-state index contributed by atoms with van der Waals surface area (Å²) in [6, 6.07) is 0. The highest BCUT2D eigenvalue weighted by Crippen LogP contribution is 2.44. The van der Waals surface area contributed by atoms with Crippen LogP contribution in [0.5, 0.6) is 0 Å². The van der Waals surface area contributed by atoms with Gasteiger partial charge in [-0.2, -0.15) is 0 Å². The van der Waals surface area contributed by atoms with Crippen molar-refractivity contribution in [1.82, 2.24) is 10.6 Å². The second-order valence-electron chi connectivity index (χ2n) is 5.08. The van der Waals surface area contributed by atoms with Gasteiger partial charge in [-0.15, -0.1) is 0 Å². The number of carbonyl (C=O) groups is 1. The summed E-state index contributed by atoms with van der Waals surface area (Å²) in [6.07, 6.45) is 2.09. The highest BCUT2D eigenvalue weighted by Gasteiger charge is 2.42. The van der Waals surface area contributed by atoms with E-state index in [1.165, 1.54) is 0 Å². The molecule has 1 saturated carbocycles. The minimum atomic E-state index is 0.0211. The average molecular weight is 212 g/mol. The van der Waals surface area contributed by atoms with Crippen molar-refractivity contribution in [3.05, 3.63) is 0 Å². The van der Waals surface area contributed by atoms with E-state index in [-0.39, 0.29) is 23.8 Å². The molecule has 1 saturated heterocycles. The number of rotatable bonds is 5. The summed E-state index contributed by atoms with van der Waals surface area (Å²) in [5.74, 6) is 0.733. The van der Waals surface area contributed by atoms with Crippen LogP contribution in [-0.4, -0.2) is 37.3 Å². The third-order valence-corrected chi connectivity index (χ3v) is 3.86. The van der Waals surface area contributed by atoms with Crippen molar-refractivity contribution in [2.75, 3.05) is 26.2 Å². The maximum Gasteiger partial charge on any atom is 0.223 e. The molecule has 3 N–H and O–H groups in total. The van der Waals surface area contributed by atoms with Gasteiger partial charge in [0.25, 0.3) is 0 Å². The van der Waals surface area contributed by atoms with E-state index in [9.17, 15) is 4.79 Å². The van der Waals surface area contributed by atoms with Crippen LogP contribution in [0.15, 0.2) is 0 Å². The molecule has 4 nitrogen and oxygen atoms in total. The van der Waals surface area contributed by atoms with E-state index in [1.54, 1.807) is 0 Å². The van der Waals surface area contributed by atoms with E-state index in [0.717, 1.165) is 25.9 Å². The Hall–Kier alpha value is -0.610. The van der Waals surface area contributed by atoms with Crippen molar-refractivity contribution in [1.29, 1.82) is 0 Å². The average Bonchev–Trinajstić information content (AvgIpc) is 2.92. The van der Waals surface area contributed by atoms with E-state index in [4.69, 9.17) is 5.11 Å². The Labute approximate surface area is 90.4 Å². The minimum Gasteiger partial charge on any atom is -0.396 e. The predicted octanol–water partition coefficient (Wildman–Crippen LogP) is -0.269. The summed E-state index contributed by atoms with van der Waals surface area (Å²) in [7, 11) is 0. The summed E-state index contributed by atoms with van der Waals surface area (Å²) in [5.41, 5.74) is 0.0211. The van der Waals surface area contributed by atoms with Gasteiger partial charge in [-0.25, -0.2) is 0 Å². The van der Waals surface area contributed by atoms with Crippen LogP contribution >= 0.6 is 0 Å². The molecule has 1 unspecified atom stereocenters. The number of hydrogen-bond donors (Lipinski definition) is 3. The van der Waals surface area contributed by atoms with Crippen LogP contribution in [-0.2, 0) is 4.79 Å². The first-order valence-corrected chi connectivity index (χ1v) is 5.76. The van der Waals surface area contributed by atoms with Crippen molar-refractivity contribution >= 4 is 5.91 Å². The molecule has 2 fully saturated rings. The molecular weight excluding hydrogens is 192 g/mol. The van der Waals surface area contributed by atoms with Crippen LogP contribution < -0.4 is 10.6 Å². The fourth-order valence-electron chi connectivity index (χ4n) is 1.88. The van der Waals surface area contributed by atoms with Crippen LogP contribution in [0.3, 0.4) is 0 Å². The highest BCUT2D eigenvalue weighted by molar-refractivity contribution is 5.78. The topological polar surface area (TPSA) is 61.4 Å². The van der Waals surface area contributed by atoms with E-state index in [2.05, 4.69) is 10.6 Å². The molecule has 0 aromatic carbocycles. The zero-order valence-corrected chi connectivity index (χ0v) is 9.25. The molecule has 2 rings (SSSR count). The predicted molar refractivity (Wildman–Crippen MR) is 57.3 cm³/mol. The van der Waals surface area contributed by atoms with Crippen LogP contribution in [0.25, 0.3) is 0 Å². The van der Waals surface area contributed by atoms with Gasteiger partial charge < -0.3 is 15.7 Å². The SMILES string of the molecule is CC(C(=O)NCC1(CO)CC1)C1CNC1. The van der Waals surface area contributed by atoms with Crippen LogP contribution in [0.4, 0.5) is 0 Å². The van der Waals surface area contributed by atoms with Gasteiger partial charge in [0.05, 0.1) is 6.61 Å². The molecule has 0 aromatic heterocycles. The Morgan fingerprint density at radius 2 is 2.27 bits per heavy atom. The molecule has 0 spiro atoms. The van der Waals surface area contributed by atoms with E-state index < -0.39 is 0 Å². The molecule has 0 bridgehead atoms. The quantitative estimate of drug-likeness (QED) is 0.588. The van der Waals surface area contributed by atoms with Gasteiger partial charge >= 0.3 is 0 Å². The fraction of sp³-hybridized carbons (Fsp3) is 0.909. The fourth-order valence-corrected chi connectivity index (χ4v) is 1.88. The smallest absolute Gasteiger partial charge is 0.223 e. The van der Waals surface area contributed by atoms with Gasteiger partial charge in [0, 0.05) is 17.9 Å². The van der Waals surface area contributed by atoms with Crippen LogP contribution in [0, 0.1) is 17.3 Å². The summed E-state index contributed by atoms with van der Waals surface area (Å²) in [5, 5.41) is 15.2. The van der Waals surface area contributed by atoms with E-state index in [0.29, 0.717) is 12.5 Å². The van der Waals surface area contributed by atoms with Crippen molar-refractivity contribution in [3.63, 3.8) is 0 Å². The molecule has 0 radical (unpaired) electrons. The standard InChI is InChI=1S/C11H20N2O2/c1-8(9-4-12-5-9)10(15)13-6-11(7-14)2-3-11/h8-9,12,14H,2-7H2,1H3,(H,13,15). The lowest BCUT2D eigenvalue weighted by Gasteiger charge is -2.32. The van der Waals surface area contributed by atoms with Crippen LogP contribution in [0.2, 0.25) is 0 Å². The number of carbonyl (C=O) groups excluding carboxylic acids is 1. The largest absolute Gasteiger partial charge is 0.396 e. The highest BCUT2D eigenvalue weighted by atomic mass is 16.3. The molecule has 15 heavy (non-hydrogen) atoms. The minimum absolute atomic E-state index is 0.0211. The second-order valence-corrected chi connectivity index (χ2v) is 5.08.